The largest absolute Gasteiger partial charge is 0.140 e. The molecule has 0 aliphatic rings. The van der Waals surface area contributed by atoms with Gasteiger partial charge >= 0.3 is 0 Å². The van der Waals surface area contributed by atoms with Crippen LogP contribution in [0.25, 0.3) is 21.5 Å². The van der Waals surface area contributed by atoms with Crippen LogP contribution in [0.5, 0.6) is 0 Å². The Kier molecular flexibility index (Phi) is 2.25. The van der Waals surface area contributed by atoms with E-state index in [4.69, 9.17) is 0 Å². The maximum atomic E-state index is 3.72. The molecule has 0 saturated carbocycles. The molecule has 3 aromatic rings. The minimum Gasteiger partial charge on any atom is -0.0735 e. The van der Waals surface area contributed by atoms with Crippen molar-refractivity contribution in [1.29, 1.82) is 0 Å². The lowest BCUT2D eigenvalue weighted by atomic mass is 9.85. The number of hydrogen-bond donors (Lipinski definition) is 0. The lowest BCUT2D eigenvalue weighted by Gasteiger charge is -2.10. The van der Waals surface area contributed by atoms with E-state index in [1.165, 1.54) is 31.5 Å². The van der Waals surface area contributed by atoms with Crippen LogP contribution in [0.1, 0.15) is 0 Å². The van der Waals surface area contributed by atoms with Gasteiger partial charge in [-0.2, -0.15) is 0 Å². The van der Waals surface area contributed by atoms with Crippen LogP contribution in [0.4, 0.5) is 0 Å². The fourth-order valence-corrected chi connectivity index (χ4v) is 2.98. The molecular formula is C14H10BBr. The Bertz CT molecular complexity index is 572. The highest BCUT2D eigenvalue weighted by Gasteiger charge is 2.07. The van der Waals surface area contributed by atoms with Crippen LogP contribution in [-0.2, 0) is 0 Å². The van der Waals surface area contributed by atoms with Gasteiger partial charge in [0.15, 0.2) is 0 Å². The van der Waals surface area contributed by atoms with Crippen LogP contribution < -0.4 is 5.46 Å². The maximum absolute atomic E-state index is 3.72. The molecular weight excluding hydrogens is 259 g/mol. The third-order valence-corrected chi connectivity index (χ3v) is 3.99. The number of halogens is 1. The molecule has 0 atom stereocenters. The summed E-state index contributed by atoms with van der Waals surface area (Å²) >= 11 is 3.72. The van der Waals surface area contributed by atoms with Crippen molar-refractivity contribution in [2.24, 2.45) is 0 Å². The fraction of sp³-hybridized carbons (Fsp3) is 0. The minimum atomic E-state index is 1.20. The van der Waals surface area contributed by atoms with Crippen LogP contribution in [-0.4, -0.2) is 7.85 Å². The summed E-state index contributed by atoms with van der Waals surface area (Å²) in [7, 11) is 2.19. The third kappa shape index (κ3) is 1.30. The normalized spacial score (nSPS) is 11.1. The molecule has 76 valence electrons. The lowest BCUT2D eigenvalue weighted by Crippen LogP contribution is -2.06. The van der Waals surface area contributed by atoms with Gasteiger partial charge in [0.2, 0.25) is 0 Å². The second kappa shape index (κ2) is 3.64. The van der Waals surface area contributed by atoms with Crippen LogP contribution >= 0.6 is 15.9 Å². The molecule has 0 fully saturated rings. The molecule has 3 rings (SSSR count). The molecule has 0 amide bonds. The number of rotatable bonds is 0. The van der Waals surface area contributed by atoms with E-state index in [2.05, 4.69) is 72.3 Å². The average Bonchev–Trinajstić information content (AvgIpc) is 2.36. The highest BCUT2D eigenvalue weighted by Crippen LogP contribution is 2.30. The summed E-state index contributed by atoms with van der Waals surface area (Å²) in [5.41, 5.74) is 1.36. The highest BCUT2D eigenvalue weighted by molar-refractivity contribution is 9.10. The van der Waals surface area contributed by atoms with Gasteiger partial charge in [0.1, 0.15) is 7.85 Å². The topological polar surface area (TPSA) is 0 Å². The van der Waals surface area contributed by atoms with E-state index in [-0.39, 0.29) is 0 Å². The Balaban J connectivity index is 2.67. The summed E-state index contributed by atoms with van der Waals surface area (Å²) in [6.07, 6.45) is 0. The first kappa shape index (κ1) is 9.92. The van der Waals surface area contributed by atoms with Crippen molar-refractivity contribution >= 4 is 50.8 Å². The van der Waals surface area contributed by atoms with Gasteiger partial charge in [0.25, 0.3) is 0 Å². The molecule has 16 heavy (non-hydrogen) atoms. The molecule has 0 bridgehead atoms. The van der Waals surface area contributed by atoms with Crippen LogP contribution in [0.2, 0.25) is 0 Å². The van der Waals surface area contributed by atoms with Gasteiger partial charge in [-0.05, 0) is 37.5 Å². The molecule has 0 heterocycles. The van der Waals surface area contributed by atoms with E-state index < -0.39 is 0 Å². The van der Waals surface area contributed by atoms with Gasteiger partial charge in [-0.1, -0.05) is 54.0 Å². The predicted molar refractivity (Wildman–Crippen MR) is 77.3 cm³/mol. The first-order chi connectivity index (χ1) is 7.79. The molecule has 0 spiro atoms. The monoisotopic (exact) mass is 268 g/mol. The second-order valence-corrected chi connectivity index (χ2v) is 4.82. The van der Waals surface area contributed by atoms with E-state index in [0.717, 1.165) is 0 Å². The zero-order valence-corrected chi connectivity index (χ0v) is 10.6. The summed E-state index contributed by atoms with van der Waals surface area (Å²) < 4.78 is 1.20. The van der Waals surface area contributed by atoms with E-state index in [9.17, 15) is 0 Å². The Hall–Kier alpha value is -1.28. The third-order valence-electron chi connectivity index (χ3n) is 3.14. The van der Waals surface area contributed by atoms with Gasteiger partial charge in [-0.15, -0.1) is 0 Å². The SMILES string of the molecule is Bc1c2ccccc2c(Br)c2ccccc12. The van der Waals surface area contributed by atoms with E-state index in [1.807, 2.05) is 0 Å². The number of hydrogen-bond acceptors (Lipinski definition) is 0. The standard InChI is InChI=1S/C14H10BBr/c15-13-9-5-1-3-7-11(9)14(16)12-8-4-2-6-10(12)13/h1-8H,15H2. The Morgan fingerprint density at radius 2 is 1.06 bits per heavy atom. The summed E-state index contributed by atoms with van der Waals surface area (Å²) in [6, 6.07) is 17.1. The van der Waals surface area contributed by atoms with E-state index in [1.54, 1.807) is 0 Å². The zero-order valence-electron chi connectivity index (χ0n) is 9.00. The number of fused-ring (bicyclic) bond motifs is 2. The molecule has 0 unspecified atom stereocenters. The Morgan fingerprint density at radius 1 is 0.688 bits per heavy atom. The van der Waals surface area contributed by atoms with Crippen LogP contribution in [0, 0.1) is 0 Å². The van der Waals surface area contributed by atoms with Crippen molar-refractivity contribution in [3.63, 3.8) is 0 Å². The first-order valence-corrected chi connectivity index (χ1v) is 6.14. The molecule has 0 radical (unpaired) electrons. The summed E-state index contributed by atoms with van der Waals surface area (Å²) in [5.74, 6) is 0. The molecule has 0 aliphatic heterocycles. The molecule has 0 aliphatic carbocycles. The van der Waals surface area contributed by atoms with Gasteiger partial charge in [-0.25, -0.2) is 0 Å². The van der Waals surface area contributed by atoms with Crippen molar-refractivity contribution in [3.05, 3.63) is 53.0 Å². The predicted octanol–water partition coefficient (Wildman–Crippen LogP) is 3.01. The Morgan fingerprint density at radius 3 is 1.50 bits per heavy atom. The molecule has 3 aromatic carbocycles. The van der Waals surface area contributed by atoms with Crippen molar-refractivity contribution in [3.8, 4) is 0 Å². The molecule has 0 saturated heterocycles. The summed E-state index contributed by atoms with van der Waals surface area (Å²) in [4.78, 5) is 0. The van der Waals surface area contributed by atoms with Crippen molar-refractivity contribution in [2.45, 2.75) is 0 Å². The van der Waals surface area contributed by atoms with Crippen molar-refractivity contribution in [1.82, 2.24) is 0 Å². The minimum absolute atomic E-state index is 1.20. The molecule has 0 N–H and O–H groups in total. The first-order valence-electron chi connectivity index (χ1n) is 5.34. The van der Waals surface area contributed by atoms with Crippen molar-refractivity contribution < 1.29 is 0 Å². The van der Waals surface area contributed by atoms with Crippen molar-refractivity contribution in [2.75, 3.05) is 0 Å². The maximum Gasteiger partial charge on any atom is 0.140 e. The summed E-state index contributed by atoms with van der Waals surface area (Å²) in [6.45, 7) is 0. The van der Waals surface area contributed by atoms with E-state index >= 15 is 0 Å². The molecule has 2 heteroatoms. The van der Waals surface area contributed by atoms with Gasteiger partial charge in [-0.3, -0.25) is 0 Å². The number of benzene rings is 3. The fourth-order valence-electron chi connectivity index (χ4n) is 2.29. The zero-order chi connectivity index (χ0) is 11.1. The molecule has 0 nitrogen and oxygen atoms in total. The lowest BCUT2D eigenvalue weighted by molar-refractivity contribution is 1.76. The quantitative estimate of drug-likeness (QED) is 0.434. The second-order valence-electron chi connectivity index (χ2n) is 4.03. The Labute approximate surface area is 104 Å². The van der Waals surface area contributed by atoms with Crippen LogP contribution in [0.3, 0.4) is 0 Å². The summed E-state index contributed by atoms with van der Waals surface area (Å²) in [5, 5.41) is 5.23. The smallest absolute Gasteiger partial charge is 0.0735 e. The van der Waals surface area contributed by atoms with Crippen LogP contribution in [0.15, 0.2) is 53.0 Å². The highest BCUT2D eigenvalue weighted by atomic mass is 79.9. The van der Waals surface area contributed by atoms with Gasteiger partial charge in [0, 0.05) is 4.47 Å². The van der Waals surface area contributed by atoms with Gasteiger partial charge in [0.05, 0.1) is 0 Å². The average molecular weight is 269 g/mol. The van der Waals surface area contributed by atoms with Gasteiger partial charge < -0.3 is 0 Å². The molecule has 0 aromatic heterocycles. The van der Waals surface area contributed by atoms with E-state index in [0.29, 0.717) is 0 Å².